The largest absolute Gasteiger partial charge is 0.496 e. The van der Waals surface area contributed by atoms with Crippen LogP contribution in [0.1, 0.15) is 16.8 Å². The molecule has 2 N–H and O–H groups in total. The number of carbonyl (C=O) groups is 1. The van der Waals surface area contributed by atoms with Crippen LogP contribution in [-0.4, -0.2) is 31.1 Å². The van der Waals surface area contributed by atoms with E-state index in [1.54, 1.807) is 19.5 Å². The van der Waals surface area contributed by atoms with Gasteiger partial charge in [0.25, 0.3) is 5.91 Å². The first-order chi connectivity index (χ1) is 13.3. The molecule has 0 spiro atoms. The lowest BCUT2D eigenvalue weighted by Crippen LogP contribution is -2.25. The topological polar surface area (TPSA) is 63.2 Å². The lowest BCUT2D eigenvalue weighted by molar-refractivity contribution is 0.0953. The van der Waals surface area contributed by atoms with Gasteiger partial charge in [0.1, 0.15) is 5.75 Å². The summed E-state index contributed by atoms with van der Waals surface area (Å²) in [5.74, 6) is 0.749. The molecular formula is C22H23N3O2. The highest BCUT2D eigenvalue weighted by Gasteiger charge is 2.08. The van der Waals surface area contributed by atoms with Crippen molar-refractivity contribution in [2.24, 2.45) is 0 Å². The Hall–Kier alpha value is -3.34. The first-order valence-corrected chi connectivity index (χ1v) is 8.93. The first kappa shape index (κ1) is 18.5. The zero-order chi connectivity index (χ0) is 18.9. The van der Waals surface area contributed by atoms with Gasteiger partial charge in [-0.05, 0) is 42.3 Å². The van der Waals surface area contributed by atoms with Crippen LogP contribution in [0.25, 0.3) is 11.1 Å². The van der Waals surface area contributed by atoms with Crippen molar-refractivity contribution in [3.63, 3.8) is 0 Å². The number of anilines is 1. The molecule has 1 amide bonds. The molecule has 0 unspecified atom stereocenters. The predicted octanol–water partition coefficient (Wildman–Crippen LogP) is 3.99. The van der Waals surface area contributed by atoms with Gasteiger partial charge in [0, 0.05) is 36.6 Å². The molecule has 3 aromatic rings. The van der Waals surface area contributed by atoms with Crippen LogP contribution in [0, 0.1) is 0 Å². The molecule has 0 saturated heterocycles. The number of methoxy groups -OCH3 is 1. The quantitative estimate of drug-likeness (QED) is 0.596. The van der Waals surface area contributed by atoms with Gasteiger partial charge in [-0.25, -0.2) is 0 Å². The summed E-state index contributed by atoms with van der Waals surface area (Å²) in [6, 6.07) is 19.3. The van der Waals surface area contributed by atoms with E-state index >= 15 is 0 Å². The monoisotopic (exact) mass is 361 g/mol. The minimum atomic E-state index is -0.0667. The fourth-order valence-electron chi connectivity index (χ4n) is 2.78. The second-order valence-electron chi connectivity index (χ2n) is 6.06. The molecule has 0 atom stereocenters. The lowest BCUT2D eigenvalue weighted by atomic mass is 10.0. The van der Waals surface area contributed by atoms with Gasteiger partial charge in [-0.2, -0.15) is 0 Å². The van der Waals surface area contributed by atoms with Crippen LogP contribution in [0.3, 0.4) is 0 Å². The summed E-state index contributed by atoms with van der Waals surface area (Å²) in [6.07, 6.45) is 4.35. The molecule has 0 aliphatic heterocycles. The number of amides is 1. The van der Waals surface area contributed by atoms with E-state index in [2.05, 4.69) is 15.6 Å². The Morgan fingerprint density at radius 2 is 1.81 bits per heavy atom. The van der Waals surface area contributed by atoms with Gasteiger partial charge in [-0.3, -0.25) is 9.78 Å². The third-order valence-electron chi connectivity index (χ3n) is 4.19. The van der Waals surface area contributed by atoms with Gasteiger partial charge in [-0.15, -0.1) is 0 Å². The summed E-state index contributed by atoms with van der Waals surface area (Å²) in [4.78, 5) is 16.3. The van der Waals surface area contributed by atoms with Crippen molar-refractivity contribution < 1.29 is 9.53 Å². The number of pyridine rings is 1. The maximum absolute atomic E-state index is 12.3. The van der Waals surface area contributed by atoms with Gasteiger partial charge in [-0.1, -0.05) is 30.3 Å². The number of carbonyl (C=O) groups excluding carboxylic acids is 1. The average Bonchev–Trinajstić information content (AvgIpc) is 2.74. The van der Waals surface area contributed by atoms with Crippen molar-refractivity contribution in [2.45, 2.75) is 6.42 Å². The standard InChI is InChI=1S/C22H23N3O2/c1-27-21-8-3-2-7-20(21)17-9-11-18(12-10-17)22(26)25-15-5-14-24-19-6-4-13-23-16-19/h2-4,6-13,16,24H,5,14-15H2,1H3,(H,25,26). The molecule has 3 rings (SSSR count). The lowest BCUT2D eigenvalue weighted by Gasteiger charge is -2.10. The number of ether oxygens (including phenoxy) is 1. The molecule has 0 bridgehead atoms. The van der Waals surface area contributed by atoms with E-state index in [1.807, 2.05) is 60.7 Å². The van der Waals surface area contributed by atoms with Gasteiger partial charge in [0.15, 0.2) is 0 Å². The third-order valence-corrected chi connectivity index (χ3v) is 4.19. The van der Waals surface area contributed by atoms with Crippen molar-refractivity contribution in [1.29, 1.82) is 0 Å². The predicted molar refractivity (Wildman–Crippen MR) is 108 cm³/mol. The minimum absolute atomic E-state index is 0.0667. The number of hydrogen-bond donors (Lipinski definition) is 2. The van der Waals surface area contributed by atoms with E-state index in [0.717, 1.165) is 35.5 Å². The molecule has 138 valence electrons. The molecule has 1 aromatic heterocycles. The Morgan fingerprint density at radius 1 is 1.00 bits per heavy atom. The van der Waals surface area contributed by atoms with Gasteiger partial charge in [0.2, 0.25) is 0 Å². The summed E-state index contributed by atoms with van der Waals surface area (Å²) in [7, 11) is 1.66. The summed E-state index contributed by atoms with van der Waals surface area (Å²) >= 11 is 0. The smallest absolute Gasteiger partial charge is 0.251 e. The Bertz CT molecular complexity index is 864. The number of para-hydroxylation sites is 1. The molecule has 0 aliphatic carbocycles. The summed E-state index contributed by atoms with van der Waals surface area (Å²) in [6.45, 7) is 1.39. The van der Waals surface area contributed by atoms with Gasteiger partial charge >= 0.3 is 0 Å². The van der Waals surface area contributed by atoms with Crippen LogP contribution in [0.4, 0.5) is 5.69 Å². The maximum atomic E-state index is 12.3. The number of nitrogens with zero attached hydrogens (tertiary/aromatic N) is 1. The maximum Gasteiger partial charge on any atom is 0.251 e. The van der Waals surface area contributed by atoms with Crippen molar-refractivity contribution in [3.8, 4) is 16.9 Å². The number of benzene rings is 2. The van der Waals surface area contributed by atoms with Crippen LogP contribution in [-0.2, 0) is 0 Å². The number of nitrogens with one attached hydrogen (secondary N) is 2. The fraction of sp³-hybridized carbons (Fsp3) is 0.182. The molecule has 0 saturated carbocycles. The zero-order valence-electron chi connectivity index (χ0n) is 15.3. The highest BCUT2D eigenvalue weighted by molar-refractivity contribution is 5.94. The molecule has 0 aliphatic rings. The normalized spacial score (nSPS) is 10.3. The number of rotatable bonds is 8. The minimum Gasteiger partial charge on any atom is -0.496 e. The van der Waals surface area contributed by atoms with E-state index in [9.17, 15) is 4.79 Å². The SMILES string of the molecule is COc1ccccc1-c1ccc(C(=O)NCCCNc2cccnc2)cc1. The number of aromatic nitrogens is 1. The molecule has 1 heterocycles. The molecule has 0 radical (unpaired) electrons. The average molecular weight is 361 g/mol. The van der Waals surface area contributed by atoms with Gasteiger partial charge in [0.05, 0.1) is 12.8 Å². The van der Waals surface area contributed by atoms with E-state index in [4.69, 9.17) is 4.74 Å². The van der Waals surface area contributed by atoms with Crippen LogP contribution in [0.2, 0.25) is 0 Å². The molecule has 2 aromatic carbocycles. The molecule has 5 heteroatoms. The second-order valence-corrected chi connectivity index (χ2v) is 6.06. The summed E-state index contributed by atoms with van der Waals surface area (Å²) < 4.78 is 5.40. The number of hydrogen-bond acceptors (Lipinski definition) is 4. The van der Waals surface area contributed by atoms with E-state index in [1.165, 1.54) is 0 Å². The van der Waals surface area contributed by atoms with Crippen LogP contribution in [0.15, 0.2) is 73.1 Å². The Balaban J connectivity index is 1.49. The van der Waals surface area contributed by atoms with Crippen molar-refractivity contribution >= 4 is 11.6 Å². The Kier molecular flexibility index (Phi) is 6.41. The summed E-state index contributed by atoms with van der Waals surface area (Å²) in [5, 5.41) is 6.22. The van der Waals surface area contributed by atoms with Gasteiger partial charge < -0.3 is 15.4 Å². The van der Waals surface area contributed by atoms with E-state index in [0.29, 0.717) is 12.1 Å². The third kappa shape index (κ3) is 5.07. The Labute approximate surface area is 159 Å². The van der Waals surface area contributed by atoms with Crippen molar-refractivity contribution in [1.82, 2.24) is 10.3 Å². The van der Waals surface area contributed by atoms with Crippen LogP contribution < -0.4 is 15.4 Å². The molecule has 27 heavy (non-hydrogen) atoms. The highest BCUT2D eigenvalue weighted by Crippen LogP contribution is 2.29. The zero-order valence-corrected chi connectivity index (χ0v) is 15.3. The molecular weight excluding hydrogens is 338 g/mol. The first-order valence-electron chi connectivity index (χ1n) is 8.93. The molecule has 5 nitrogen and oxygen atoms in total. The fourth-order valence-corrected chi connectivity index (χ4v) is 2.78. The van der Waals surface area contributed by atoms with Crippen LogP contribution >= 0.6 is 0 Å². The van der Waals surface area contributed by atoms with Crippen molar-refractivity contribution in [3.05, 3.63) is 78.6 Å². The van der Waals surface area contributed by atoms with E-state index < -0.39 is 0 Å². The molecule has 0 fully saturated rings. The second kappa shape index (κ2) is 9.38. The highest BCUT2D eigenvalue weighted by atomic mass is 16.5. The van der Waals surface area contributed by atoms with E-state index in [-0.39, 0.29) is 5.91 Å². The summed E-state index contributed by atoms with van der Waals surface area (Å²) in [5.41, 5.74) is 3.66. The Morgan fingerprint density at radius 3 is 2.56 bits per heavy atom. The van der Waals surface area contributed by atoms with Crippen LogP contribution in [0.5, 0.6) is 5.75 Å². The van der Waals surface area contributed by atoms with Crippen molar-refractivity contribution in [2.75, 3.05) is 25.5 Å².